The van der Waals surface area contributed by atoms with Gasteiger partial charge in [0.1, 0.15) is 0 Å². The highest BCUT2D eigenvalue weighted by Gasteiger charge is 2.52. The number of fused-ring (bicyclic) bond motifs is 8. The summed E-state index contributed by atoms with van der Waals surface area (Å²) in [5, 5.41) is 2.99. The Balaban J connectivity index is 0.929. The van der Waals surface area contributed by atoms with E-state index in [4.69, 9.17) is 0 Å². The smallest absolute Gasteiger partial charge is 0.00487 e. The molecule has 362 valence electrons. The molecule has 11 aliphatic rings. The topological polar surface area (TPSA) is 0 Å². The summed E-state index contributed by atoms with van der Waals surface area (Å²) in [5.74, 6) is 8.27. The molecule has 0 heteroatoms. The van der Waals surface area contributed by atoms with Gasteiger partial charge in [0, 0.05) is 11.8 Å². The van der Waals surface area contributed by atoms with E-state index < -0.39 is 0 Å². The van der Waals surface area contributed by atoms with E-state index in [1.54, 1.807) is 56.1 Å². The molecular weight excluding hydrogens is 865 g/mol. The highest BCUT2D eigenvalue weighted by molar-refractivity contribution is 6.19. The van der Waals surface area contributed by atoms with E-state index in [-0.39, 0.29) is 0 Å². The highest BCUT2D eigenvalue weighted by Crippen LogP contribution is 2.66. The Morgan fingerprint density at radius 2 is 1.62 bits per heavy atom. The van der Waals surface area contributed by atoms with E-state index in [9.17, 15) is 0 Å². The molecule has 0 heterocycles. The lowest BCUT2D eigenvalue weighted by atomic mass is 9.58. The maximum Gasteiger partial charge on any atom is 0.00487 e. The summed E-state index contributed by atoms with van der Waals surface area (Å²) in [7, 11) is 0. The fourth-order valence-electron chi connectivity index (χ4n) is 17.1. The zero-order valence-electron chi connectivity index (χ0n) is 43.0. The van der Waals surface area contributed by atoms with Crippen molar-refractivity contribution in [3.63, 3.8) is 0 Å². The van der Waals surface area contributed by atoms with E-state index in [0.29, 0.717) is 71.0 Å². The molecule has 0 radical (unpaired) electrons. The molecule has 0 bridgehead atoms. The Bertz CT molecular complexity index is 3160. The third kappa shape index (κ3) is 7.15. The molecule has 13 unspecified atom stereocenters. The maximum absolute atomic E-state index is 2.76. The third-order valence-electron chi connectivity index (χ3n) is 20.2. The molecule has 0 aliphatic heterocycles. The zero-order chi connectivity index (χ0) is 48.0. The molecule has 13 atom stereocenters. The molecular formula is C72H73-. The number of hydrogen-bond acceptors (Lipinski definition) is 0. The summed E-state index contributed by atoms with van der Waals surface area (Å²) in [6, 6.07) is 22.0. The lowest BCUT2D eigenvalue weighted by Gasteiger charge is -2.53. The summed E-state index contributed by atoms with van der Waals surface area (Å²) < 4.78 is 0. The monoisotopic (exact) mass is 938 g/mol. The van der Waals surface area contributed by atoms with Gasteiger partial charge in [-0.1, -0.05) is 245 Å². The van der Waals surface area contributed by atoms with Crippen LogP contribution in [0.3, 0.4) is 0 Å². The highest BCUT2D eigenvalue weighted by atomic mass is 14.6. The molecule has 72 heavy (non-hydrogen) atoms. The fourth-order valence-corrected chi connectivity index (χ4v) is 17.1. The van der Waals surface area contributed by atoms with Crippen molar-refractivity contribution in [3.05, 3.63) is 238 Å². The molecule has 0 amide bonds. The van der Waals surface area contributed by atoms with Crippen LogP contribution in [-0.2, 0) is 0 Å². The Hall–Kier alpha value is -5.85. The second-order valence-corrected chi connectivity index (χ2v) is 23.9. The first-order valence-electron chi connectivity index (χ1n) is 28.7. The summed E-state index contributed by atoms with van der Waals surface area (Å²) in [4.78, 5) is 0. The molecule has 3 fully saturated rings. The van der Waals surface area contributed by atoms with Gasteiger partial charge in [0.25, 0.3) is 0 Å². The van der Waals surface area contributed by atoms with Gasteiger partial charge < -0.3 is 0 Å². The summed E-state index contributed by atoms with van der Waals surface area (Å²) >= 11 is 0. The molecule has 0 spiro atoms. The predicted molar refractivity (Wildman–Crippen MR) is 304 cm³/mol. The van der Waals surface area contributed by atoms with E-state index in [0.717, 1.165) is 25.2 Å². The van der Waals surface area contributed by atoms with Crippen molar-refractivity contribution in [1.29, 1.82) is 0 Å². The van der Waals surface area contributed by atoms with Crippen molar-refractivity contribution in [1.82, 2.24) is 0 Å². The van der Waals surface area contributed by atoms with Gasteiger partial charge in [-0.05, 0) is 160 Å². The van der Waals surface area contributed by atoms with Crippen LogP contribution in [0.2, 0.25) is 0 Å². The van der Waals surface area contributed by atoms with Crippen molar-refractivity contribution < 1.29 is 0 Å². The predicted octanol–water partition coefficient (Wildman–Crippen LogP) is 18.6. The number of allylic oxidation sites excluding steroid dienone is 27. The van der Waals surface area contributed by atoms with Gasteiger partial charge >= 0.3 is 0 Å². The second-order valence-electron chi connectivity index (χ2n) is 23.9. The first-order valence-corrected chi connectivity index (χ1v) is 28.7. The molecule has 0 aromatic heterocycles. The molecule has 0 N–H and O–H groups in total. The van der Waals surface area contributed by atoms with Gasteiger partial charge in [-0.15, -0.1) is 0 Å². The molecule has 11 aliphatic carbocycles. The Kier molecular flexibility index (Phi) is 11.4. The molecule has 3 aromatic carbocycles. The van der Waals surface area contributed by atoms with Crippen molar-refractivity contribution >= 4 is 27.5 Å². The Morgan fingerprint density at radius 3 is 2.49 bits per heavy atom. The van der Waals surface area contributed by atoms with Gasteiger partial charge in [0.15, 0.2) is 0 Å². The lowest BCUT2D eigenvalue weighted by molar-refractivity contribution is 0.316. The van der Waals surface area contributed by atoms with Crippen LogP contribution in [0.1, 0.15) is 125 Å². The lowest BCUT2D eigenvalue weighted by Crippen LogP contribution is -2.35. The Labute approximate surface area is 431 Å². The van der Waals surface area contributed by atoms with Crippen LogP contribution >= 0.6 is 0 Å². The van der Waals surface area contributed by atoms with Crippen LogP contribution < -0.4 is 0 Å². The molecule has 14 rings (SSSR count). The van der Waals surface area contributed by atoms with Crippen molar-refractivity contribution in [2.24, 2.45) is 71.0 Å². The van der Waals surface area contributed by atoms with Crippen LogP contribution in [0.4, 0.5) is 0 Å². The van der Waals surface area contributed by atoms with Crippen molar-refractivity contribution in [2.75, 3.05) is 0 Å². The van der Waals surface area contributed by atoms with Gasteiger partial charge in [0.2, 0.25) is 0 Å². The van der Waals surface area contributed by atoms with E-state index in [1.165, 1.54) is 84.4 Å². The molecule has 0 nitrogen and oxygen atoms in total. The standard InChI is InChI=1S/C72H73/c1-4-5-20-45(3)62-42-65-58-32-17-30-56-59(68-53-29-13-12-23-47(53)34-36-54(68)46-21-8-6-9-22-46)38-39-61(69(56)58)72(65)67(48-24-10-7-11-25-48)71-60-33-18-31-57-63-41-50(35-37-55(63)64(70(57)60)43-66(62)71)52-28-15-14-27-51(52)49-26-16-19-44(2)40-49/h5-15,17-18,20-21,23-33,35,37,43-47,50-53,56,61-62,65,69H,4,16,19,22,34,36,38-42H2,1-3H3/q-1/b20-5-,68-59?. The van der Waals surface area contributed by atoms with Crippen molar-refractivity contribution in [2.45, 2.75) is 97.3 Å². The zero-order valence-corrected chi connectivity index (χ0v) is 43.0. The minimum absolute atomic E-state index is 0.386. The van der Waals surface area contributed by atoms with Crippen LogP contribution in [0.15, 0.2) is 204 Å². The third-order valence-corrected chi connectivity index (χ3v) is 20.2. The van der Waals surface area contributed by atoms with Gasteiger partial charge in [-0.2, -0.15) is 0 Å². The van der Waals surface area contributed by atoms with Crippen LogP contribution in [0.25, 0.3) is 27.5 Å². The maximum atomic E-state index is 2.76. The Morgan fingerprint density at radius 1 is 0.778 bits per heavy atom. The average Bonchev–Trinajstić information content (AvgIpc) is 3.87. The minimum atomic E-state index is 0.386. The van der Waals surface area contributed by atoms with Gasteiger partial charge in [0.05, 0.1) is 0 Å². The second kappa shape index (κ2) is 18.3. The quantitative estimate of drug-likeness (QED) is 0.164. The van der Waals surface area contributed by atoms with Crippen molar-refractivity contribution in [3.8, 4) is 0 Å². The number of rotatable bonds is 7. The van der Waals surface area contributed by atoms with Crippen LogP contribution in [0.5, 0.6) is 0 Å². The largest absolute Gasteiger partial charge is 0.205 e. The summed E-state index contributed by atoms with van der Waals surface area (Å²) in [5.41, 5.74) is 20.9. The summed E-state index contributed by atoms with van der Waals surface area (Å²) in [6.07, 6.45) is 63.0. The molecule has 0 saturated heterocycles. The molecule has 3 aromatic rings. The van der Waals surface area contributed by atoms with E-state index in [1.807, 2.05) is 0 Å². The average molecular weight is 938 g/mol. The van der Waals surface area contributed by atoms with E-state index >= 15 is 0 Å². The first kappa shape index (κ1) is 44.8. The van der Waals surface area contributed by atoms with Crippen LogP contribution in [-0.4, -0.2) is 0 Å². The van der Waals surface area contributed by atoms with Gasteiger partial charge in [-0.3, -0.25) is 0 Å². The minimum Gasteiger partial charge on any atom is -0.205 e. The normalized spacial score (nSPS) is 35.1. The number of benzene rings is 3. The van der Waals surface area contributed by atoms with Gasteiger partial charge in [-0.25, -0.2) is 17.1 Å². The SMILES string of the molecule is CC/C=C\C(C)C1CC2C3=CC=CC4C(=C5[C-](C6C=CC=CC6)CCC6C=CC=CC56)CCC(C2=C(c2ccccc2)c2c1cc1c5c(cccc25)C2=C1C=CC(C1C=CC=CC1C1=CCCC(C)C1)C2)C34. The number of hydrogen-bond donors (Lipinski definition) is 0. The van der Waals surface area contributed by atoms with Crippen LogP contribution in [0, 0.1) is 76.9 Å². The van der Waals surface area contributed by atoms with E-state index in [2.05, 4.69) is 197 Å². The first-order chi connectivity index (χ1) is 35.5. The molecule has 3 saturated carbocycles. The summed E-state index contributed by atoms with van der Waals surface area (Å²) in [6.45, 7) is 7.32. The fraction of sp³-hybridized carbons (Fsp3) is 0.375.